The third-order valence-electron chi connectivity index (χ3n) is 5.90. The van der Waals surface area contributed by atoms with E-state index in [1.165, 1.54) is 5.56 Å². The predicted octanol–water partition coefficient (Wildman–Crippen LogP) is 3.06. The molecule has 0 unspecified atom stereocenters. The molecule has 1 aliphatic heterocycles. The van der Waals surface area contributed by atoms with E-state index in [9.17, 15) is 9.59 Å². The fourth-order valence-electron chi connectivity index (χ4n) is 3.87. The molecule has 1 saturated heterocycles. The number of nitrogens with zero attached hydrogens (tertiary/aromatic N) is 2. The topological polar surface area (TPSA) is 52.7 Å². The first-order chi connectivity index (χ1) is 13.6. The third kappa shape index (κ3) is 3.80. The fourth-order valence-corrected chi connectivity index (χ4v) is 3.87. The Hall–Kier alpha value is -2.66. The number of nitrogens with one attached hydrogen (secondary N) is 1. The second-order valence-electron chi connectivity index (χ2n) is 7.91. The molecule has 146 valence electrons. The summed E-state index contributed by atoms with van der Waals surface area (Å²) in [5.41, 5.74) is 2.23. The molecule has 2 aliphatic rings. The molecule has 2 amide bonds. The van der Waals surface area contributed by atoms with Crippen LogP contribution in [0.2, 0.25) is 0 Å². The van der Waals surface area contributed by atoms with Gasteiger partial charge in [0, 0.05) is 38.4 Å². The normalized spacial score (nSPS) is 18.5. The number of aryl methyl sites for hydroxylation is 1. The Morgan fingerprint density at radius 3 is 2.21 bits per heavy atom. The second kappa shape index (κ2) is 7.76. The van der Waals surface area contributed by atoms with Gasteiger partial charge < -0.3 is 10.2 Å². The molecule has 2 aromatic carbocycles. The monoisotopic (exact) mass is 377 g/mol. The van der Waals surface area contributed by atoms with Crippen LogP contribution in [0.4, 0.5) is 5.69 Å². The molecule has 0 aromatic heterocycles. The summed E-state index contributed by atoms with van der Waals surface area (Å²) in [6, 6.07) is 18.1. The second-order valence-corrected chi connectivity index (χ2v) is 7.91. The van der Waals surface area contributed by atoms with Gasteiger partial charge in [-0.15, -0.1) is 0 Å². The molecule has 0 atom stereocenters. The zero-order valence-electron chi connectivity index (χ0n) is 16.4. The van der Waals surface area contributed by atoms with Crippen LogP contribution in [0.1, 0.15) is 24.0 Å². The van der Waals surface area contributed by atoms with Gasteiger partial charge in [0.05, 0.1) is 0 Å². The van der Waals surface area contributed by atoms with Gasteiger partial charge in [0.2, 0.25) is 11.8 Å². The van der Waals surface area contributed by atoms with Crippen LogP contribution in [-0.4, -0.2) is 47.8 Å². The fraction of sp³-hybridized carbons (Fsp3) is 0.391. The molecule has 0 bridgehead atoms. The van der Waals surface area contributed by atoms with Gasteiger partial charge in [-0.3, -0.25) is 14.5 Å². The number of anilines is 1. The maximum absolute atomic E-state index is 13.1. The number of carbonyl (C=O) groups excluding carboxylic acids is 2. The Labute approximate surface area is 166 Å². The first-order valence-electron chi connectivity index (χ1n) is 10.0. The molecule has 5 nitrogen and oxygen atoms in total. The van der Waals surface area contributed by atoms with Crippen molar-refractivity contribution in [2.24, 2.45) is 5.41 Å². The number of para-hydroxylation sites is 1. The number of carbonyl (C=O) groups is 2. The van der Waals surface area contributed by atoms with Gasteiger partial charge in [-0.05, 0) is 37.0 Å². The van der Waals surface area contributed by atoms with Crippen molar-refractivity contribution >= 4 is 17.5 Å². The highest BCUT2D eigenvalue weighted by Gasteiger charge is 2.58. The highest BCUT2D eigenvalue weighted by Crippen LogP contribution is 2.48. The van der Waals surface area contributed by atoms with Gasteiger partial charge in [-0.25, -0.2) is 0 Å². The number of hydrogen-bond donors (Lipinski definition) is 1. The van der Waals surface area contributed by atoms with Crippen molar-refractivity contribution in [1.29, 1.82) is 0 Å². The molecule has 1 N–H and O–H groups in total. The van der Waals surface area contributed by atoms with E-state index < -0.39 is 5.41 Å². The van der Waals surface area contributed by atoms with Gasteiger partial charge in [0.15, 0.2) is 0 Å². The van der Waals surface area contributed by atoms with E-state index in [4.69, 9.17) is 0 Å². The first kappa shape index (κ1) is 18.7. The van der Waals surface area contributed by atoms with Crippen molar-refractivity contribution in [2.75, 3.05) is 31.5 Å². The SMILES string of the molecule is Cc1ccccc1NC(=O)C1(C(=O)N2CCN(Cc3ccccc3)CC2)CC1. The lowest BCUT2D eigenvalue weighted by Gasteiger charge is -2.36. The Morgan fingerprint density at radius 1 is 0.929 bits per heavy atom. The van der Waals surface area contributed by atoms with Crippen LogP contribution < -0.4 is 5.32 Å². The van der Waals surface area contributed by atoms with Crippen molar-refractivity contribution < 1.29 is 9.59 Å². The standard InChI is InChI=1S/C23H27N3O2/c1-18-7-5-6-10-20(18)24-21(27)23(11-12-23)22(28)26-15-13-25(14-16-26)17-19-8-3-2-4-9-19/h2-10H,11-17H2,1H3,(H,24,27). The molecule has 0 radical (unpaired) electrons. The minimum absolute atomic E-state index is 0.00190. The van der Waals surface area contributed by atoms with Crippen LogP contribution in [0, 0.1) is 12.3 Å². The van der Waals surface area contributed by atoms with Crippen molar-refractivity contribution in [3.05, 3.63) is 65.7 Å². The molecule has 1 saturated carbocycles. The van der Waals surface area contributed by atoms with Crippen LogP contribution in [0.5, 0.6) is 0 Å². The molecule has 5 heteroatoms. The molecular weight excluding hydrogens is 350 g/mol. The van der Waals surface area contributed by atoms with Gasteiger partial charge in [-0.1, -0.05) is 48.5 Å². The number of benzene rings is 2. The predicted molar refractivity (Wildman–Crippen MR) is 110 cm³/mol. The molecule has 1 aliphatic carbocycles. The van der Waals surface area contributed by atoms with E-state index >= 15 is 0 Å². The summed E-state index contributed by atoms with van der Waals surface area (Å²) in [4.78, 5) is 30.2. The van der Waals surface area contributed by atoms with Crippen molar-refractivity contribution in [3.63, 3.8) is 0 Å². The van der Waals surface area contributed by atoms with Gasteiger partial charge >= 0.3 is 0 Å². The minimum atomic E-state index is -0.857. The molecule has 2 fully saturated rings. The Balaban J connectivity index is 1.34. The summed E-state index contributed by atoms with van der Waals surface area (Å²) in [7, 11) is 0. The summed E-state index contributed by atoms with van der Waals surface area (Å²) < 4.78 is 0. The van der Waals surface area contributed by atoms with Gasteiger partial charge in [-0.2, -0.15) is 0 Å². The van der Waals surface area contributed by atoms with Crippen LogP contribution in [-0.2, 0) is 16.1 Å². The number of hydrogen-bond acceptors (Lipinski definition) is 3. The lowest BCUT2D eigenvalue weighted by molar-refractivity contribution is -0.143. The summed E-state index contributed by atoms with van der Waals surface area (Å²) in [6.45, 7) is 5.92. The lowest BCUT2D eigenvalue weighted by Crippen LogP contribution is -2.52. The van der Waals surface area contributed by atoms with Crippen LogP contribution in [0.15, 0.2) is 54.6 Å². The van der Waals surface area contributed by atoms with E-state index in [2.05, 4.69) is 34.5 Å². The average molecular weight is 377 g/mol. The number of amides is 2. The maximum Gasteiger partial charge on any atom is 0.240 e. The van der Waals surface area contributed by atoms with Gasteiger partial charge in [0.25, 0.3) is 0 Å². The number of rotatable bonds is 5. The lowest BCUT2D eigenvalue weighted by atomic mass is 10.0. The van der Waals surface area contributed by atoms with Crippen LogP contribution >= 0.6 is 0 Å². The minimum Gasteiger partial charge on any atom is -0.339 e. The van der Waals surface area contributed by atoms with E-state index in [1.807, 2.05) is 42.2 Å². The molecule has 28 heavy (non-hydrogen) atoms. The molecule has 1 heterocycles. The Bertz CT molecular complexity index is 853. The van der Waals surface area contributed by atoms with E-state index in [0.29, 0.717) is 25.9 Å². The summed E-state index contributed by atoms with van der Waals surface area (Å²) in [5, 5.41) is 2.98. The molecular formula is C23H27N3O2. The smallest absolute Gasteiger partial charge is 0.240 e. The maximum atomic E-state index is 13.1. The first-order valence-corrected chi connectivity index (χ1v) is 10.0. The van der Waals surface area contributed by atoms with E-state index in [0.717, 1.165) is 30.9 Å². The zero-order valence-corrected chi connectivity index (χ0v) is 16.4. The highest BCUT2D eigenvalue weighted by atomic mass is 16.2. The number of piperazine rings is 1. The largest absolute Gasteiger partial charge is 0.339 e. The molecule has 0 spiro atoms. The Morgan fingerprint density at radius 2 is 1.57 bits per heavy atom. The molecule has 2 aromatic rings. The van der Waals surface area contributed by atoms with Crippen LogP contribution in [0.25, 0.3) is 0 Å². The molecule has 4 rings (SSSR count). The van der Waals surface area contributed by atoms with Crippen molar-refractivity contribution in [1.82, 2.24) is 9.80 Å². The van der Waals surface area contributed by atoms with Crippen molar-refractivity contribution in [2.45, 2.75) is 26.3 Å². The van der Waals surface area contributed by atoms with Gasteiger partial charge in [0.1, 0.15) is 5.41 Å². The van der Waals surface area contributed by atoms with Crippen LogP contribution in [0.3, 0.4) is 0 Å². The van der Waals surface area contributed by atoms with Crippen molar-refractivity contribution in [3.8, 4) is 0 Å². The zero-order chi connectivity index (χ0) is 19.6. The van der Waals surface area contributed by atoms with E-state index in [1.54, 1.807) is 0 Å². The summed E-state index contributed by atoms with van der Waals surface area (Å²) >= 11 is 0. The summed E-state index contributed by atoms with van der Waals surface area (Å²) in [6.07, 6.45) is 1.29. The Kier molecular flexibility index (Phi) is 5.18. The quantitative estimate of drug-likeness (QED) is 0.815. The summed E-state index contributed by atoms with van der Waals surface area (Å²) in [5.74, 6) is -0.156. The highest BCUT2D eigenvalue weighted by molar-refractivity contribution is 6.13. The average Bonchev–Trinajstić information content (AvgIpc) is 3.53. The third-order valence-corrected chi connectivity index (χ3v) is 5.90. The van der Waals surface area contributed by atoms with E-state index in [-0.39, 0.29) is 11.8 Å².